The summed E-state index contributed by atoms with van der Waals surface area (Å²) in [4.78, 5) is 67.8. The first-order valence-electron chi connectivity index (χ1n) is 18.4. The summed E-state index contributed by atoms with van der Waals surface area (Å²) in [7, 11) is 1.33. The van der Waals surface area contributed by atoms with E-state index in [0.717, 1.165) is 0 Å². The van der Waals surface area contributed by atoms with Gasteiger partial charge in [-0.05, 0) is 102 Å². The highest BCUT2D eigenvalue weighted by Gasteiger charge is 2.40. The van der Waals surface area contributed by atoms with Crippen LogP contribution in [-0.4, -0.2) is 56.4 Å². The Morgan fingerprint density at radius 1 is 0.815 bits per heavy atom. The molecule has 5 aromatic rings. The van der Waals surface area contributed by atoms with Gasteiger partial charge in [-0.25, -0.2) is 0 Å². The highest BCUT2D eigenvalue weighted by atomic mass is 16.5. The number of allylic oxidation sites excluding steroid dienone is 1. The zero-order valence-corrected chi connectivity index (χ0v) is 30.2. The van der Waals surface area contributed by atoms with Crippen molar-refractivity contribution in [1.29, 1.82) is 0 Å². The van der Waals surface area contributed by atoms with E-state index in [-0.39, 0.29) is 51.2 Å². The topological polar surface area (TPSA) is 208 Å². The van der Waals surface area contributed by atoms with Crippen LogP contribution in [0.15, 0.2) is 27.3 Å². The fraction of sp³-hybridized carbons (Fsp3) is 0.405. The second kappa shape index (κ2) is 12.9. The molecule has 12 heteroatoms. The van der Waals surface area contributed by atoms with Crippen LogP contribution in [0, 0.1) is 17.8 Å². The number of hydrogen-bond acceptors (Lipinski definition) is 10. The zero-order chi connectivity index (χ0) is 38.5. The number of carboxylic acids is 2. The molecule has 5 unspecified atom stereocenters. The van der Waals surface area contributed by atoms with Gasteiger partial charge in [0.1, 0.15) is 5.78 Å². The lowest BCUT2D eigenvalue weighted by Crippen LogP contribution is -2.30. The highest BCUT2D eigenvalue weighted by molar-refractivity contribution is 6.39. The van der Waals surface area contributed by atoms with Crippen LogP contribution < -0.4 is 20.9 Å². The van der Waals surface area contributed by atoms with E-state index in [0.29, 0.717) is 93.4 Å². The summed E-state index contributed by atoms with van der Waals surface area (Å²) in [6.07, 6.45) is 5.19. The molecule has 0 aliphatic heterocycles. The third-order valence-electron chi connectivity index (χ3n) is 12.5. The number of carbonyl (C=O) groups excluding carboxylic acids is 1. The number of benzene rings is 5. The van der Waals surface area contributed by atoms with Crippen molar-refractivity contribution in [3.63, 3.8) is 0 Å². The number of carboxylic acid groups (broad SMARTS) is 2. The van der Waals surface area contributed by atoms with Gasteiger partial charge in [0, 0.05) is 33.6 Å². The number of nitrogens with one attached hydrogen (secondary N) is 1. The molecule has 280 valence electrons. The standard InChI is InChI=1S/C42H41NO11/c1-16-10-23-24(11-18-6-4-7-21(18)41(50)51)38(48)32-26(43-25-9-5-8-22(25)42(52)53)12-19(14-44)29-30-20(15-45)13-27(47)33-35(30)36(31(23)34(29)32)37(28(16)17(2)46)40(54-3)39(33)49/h10,12-13,18,21-22,25,28,43-45,49H,4-9,11,14-15H2,1-3H3,(H,50,51)(H,52,53). The molecule has 12 nitrogen and oxygen atoms in total. The number of methoxy groups -OCH3 is 1. The summed E-state index contributed by atoms with van der Waals surface area (Å²) < 4.78 is 5.83. The van der Waals surface area contributed by atoms with Gasteiger partial charge in [0.2, 0.25) is 0 Å². The Balaban J connectivity index is 1.67. The number of Topliss-reactive ketones (excluding diaryl/α,β-unsaturated/α-hetero) is 1. The van der Waals surface area contributed by atoms with Gasteiger partial charge >= 0.3 is 11.9 Å². The van der Waals surface area contributed by atoms with Gasteiger partial charge in [-0.2, -0.15) is 0 Å². The Bertz CT molecular complexity index is 2610. The van der Waals surface area contributed by atoms with Crippen molar-refractivity contribution in [2.45, 2.75) is 84.0 Å². The van der Waals surface area contributed by atoms with Crippen molar-refractivity contribution in [3.8, 4) is 11.5 Å². The number of aliphatic hydroxyl groups excluding tert-OH is 2. The number of aliphatic carboxylic acids is 2. The number of fused-ring (bicyclic) bond motifs is 1. The van der Waals surface area contributed by atoms with Crippen LogP contribution in [0.1, 0.15) is 86.1 Å². The van der Waals surface area contributed by atoms with Crippen molar-refractivity contribution < 1.29 is 44.7 Å². The lowest BCUT2D eigenvalue weighted by Gasteiger charge is -2.27. The van der Waals surface area contributed by atoms with Gasteiger partial charge in [0.05, 0.1) is 48.8 Å². The van der Waals surface area contributed by atoms with Crippen LogP contribution in [0.5, 0.6) is 11.5 Å². The number of hydrogen-bond donors (Lipinski definition) is 6. The Hall–Kier alpha value is -5.33. The van der Waals surface area contributed by atoms with Gasteiger partial charge in [0.15, 0.2) is 22.4 Å². The molecule has 0 amide bonds. The maximum Gasteiger partial charge on any atom is 0.308 e. The van der Waals surface area contributed by atoms with E-state index in [1.54, 1.807) is 19.1 Å². The molecule has 0 bridgehead atoms. The molecule has 54 heavy (non-hydrogen) atoms. The Kier molecular flexibility index (Phi) is 8.53. The predicted octanol–water partition coefficient (Wildman–Crippen LogP) is 5.39. The third-order valence-corrected chi connectivity index (χ3v) is 12.5. The van der Waals surface area contributed by atoms with Crippen LogP contribution in [-0.2, 0) is 34.0 Å². The fourth-order valence-electron chi connectivity index (χ4n) is 10.3. The van der Waals surface area contributed by atoms with E-state index < -0.39 is 65.6 Å². The minimum Gasteiger partial charge on any atom is -0.504 e. The number of rotatable bonds is 10. The van der Waals surface area contributed by atoms with E-state index in [1.807, 2.05) is 0 Å². The molecular formula is C42H41NO11. The molecule has 5 aromatic carbocycles. The van der Waals surface area contributed by atoms with E-state index in [9.17, 15) is 44.7 Å². The first-order chi connectivity index (χ1) is 25.8. The second-order valence-corrected chi connectivity index (χ2v) is 15.3. The summed E-state index contributed by atoms with van der Waals surface area (Å²) in [5.74, 6) is -5.58. The normalized spacial score (nSPS) is 22.5. The van der Waals surface area contributed by atoms with Gasteiger partial charge in [-0.1, -0.05) is 24.5 Å². The van der Waals surface area contributed by atoms with Crippen LogP contribution in [0.4, 0.5) is 5.69 Å². The molecule has 0 saturated heterocycles. The summed E-state index contributed by atoms with van der Waals surface area (Å²) in [5, 5.41) is 59.5. The lowest BCUT2D eigenvalue weighted by molar-refractivity contribution is -0.143. The Morgan fingerprint density at radius 2 is 1.44 bits per heavy atom. The molecule has 2 saturated carbocycles. The summed E-state index contributed by atoms with van der Waals surface area (Å²) >= 11 is 0. The predicted molar refractivity (Wildman–Crippen MR) is 203 cm³/mol. The quantitative estimate of drug-likeness (QED) is 0.0788. The molecule has 0 heterocycles. The highest BCUT2D eigenvalue weighted by Crippen LogP contribution is 2.56. The molecule has 0 radical (unpaired) electrons. The maximum absolute atomic E-state index is 15.4. The average molecular weight is 736 g/mol. The second-order valence-electron chi connectivity index (χ2n) is 15.3. The number of carbonyl (C=O) groups is 3. The van der Waals surface area contributed by atoms with Crippen molar-refractivity contribution in [1.82, 2.24) is 0 Å². The zero-order valence-electron chi connectivity index (χ0n) is 30.2. The number of phenolic OH excluding ortho intramolecular Hbond substituents is 1. The lowest BCUT2D eigenvalue weighted by atomic mass is 9.78. The number of anilines is 1. The Morgan fingerprint density at radius 3 is 2.07 bits per heavy atom. The molecule has 3 aliphatic rings. The molecule has 3 aliphatic carbocycles. The van der Waals surface area contributed by atoms with Gasteiger partial charge in [0.25, 0.3) is 0 Å². The largest absolute Gasteiger partial charge is 0.504 e. The third kappa shape index (κ3) is 4.92. The minimum atomic E-state index is -0.996. The first-order valence-corrected chi connectivity index (χ1v) is 18.4. The molecule has 8 rings (SSSR count). The Labute approximate surface area is 308 Å². The van der Waals surface area contributed by atoms with Gasteiger partial charge < -0.3 is 35.6 Å². The minimum absolute atomic E-state index is 0.0869. The number of ketones is 1. The summed E-state index contributed by atoms with van der Waals surface area (Å²) in [5.41, 5.74) is 1.38. The molecule has 0 aromatic heterocycles. The monoisotopic (exact) mass is 735 g/mol. The van der Waals surface area contributed by atoms with Gasteiger partial charge in [-0.15, -0.1) is 0 Å². The molecule has 6 N–H and O–H groups in total. The van der Waals surface area contributed by atoms with Crippen LogP contribution in [0.3, 0.4) is 0 Å². The van der Waals surface area contributed by atoms with E-state index in [2.05, 4.69) is 5.32 Å². The van der Waals surface area contributed by atoms with E-state index in [4.69, 9.17) is 4.74 Å². The van der Waals surface area contributed by atoms with Crippen LogP contribution in [0.25, 0.3) is 49.2 Å². The van der Waals surface area contributed by atoms with Crippen LogP contribution in [0.2, 0.25) is 0 Å². The smallest absolute Gasteiger partial charge is 0.308 e. The number of aromatic hydroxyl groups is 1. The number of ether oxygens (including phenoxy) is 1. The molecule has 5 atom stereocenters. The summed E-state index contributed by atoms with van der Waals surface area (Å²) in [6.45, 7) is 2.00. The molecular weight excluding hydrogens is 694 g/mol. The maximum atomic E-state index is 15.4. The van der Waals surface area contributed by atoms with Crippen molar-refractivity contribution in [2.75, 3.05) is 12.4 Å². The van der Waals surface area contributed by atoms with Crippen molar-refractivity contribution >= 4 is 72.6 Å². The van der Waals surface area contributed by atoms with Crippen molar-refractivity contribution in [3.05, 3.63) is 66.0 Å². The first kappa shape index (κ1) is 35.7. The van der Waals surface area contributed by atoms with Crippen LogP contribution >= 0.6 is 0 Å². The van der Waals surface area contributed by atoms with E-state index in [1.165, 1.54) is 20.1 Å². The van der Waals surface area contributed by atoms with Crippen molar-refractivity contribution in [2.24, 2.45) is 17.8 Å². The molecule has 2 fully saturated rings. The molecule has 0 spiro atoms. The van der Waals surface area contributed by atoms with Gasteiger partial charge in [-0.3, -0.25) is 24.0 Å². The fourth-order valence-corrected chi connectivity index (χ4v) is 10.3. The number of phenols is 1. The number of aliphatic hydroxyl groups is 2. The SMILES string of the molecule is COc1c(O)c2c(=O)cc(CO)c3c4c(CO)cc(NC5CCCC5C(=O)O)c5c(=O)c(CC6CCCC6C(=O)O)c6c(c(c1C(C(C)=O)C(C)=C6)c23)c54. The summed E-state index contributed by atoms with van der Waals surface area (Å²) in [6, 6.07) is 2.29. The van der Waals surface area contributed by atoms with E-state index >= 15 is 4.79 Å². The average Bonchev–Trinajstić information content (AvgIpc) is 3.77.